The van der Waals surface area contributed by atoms with E-state index in [1.807, 2.05) is 0 Å². The third kappa shape index (κ3) is 3.03. The summed E-state index contributed by atoms with van der Waals surface area (Å²) < 4.78 is 2.14. The van der Waals surface area contributed by atoms with E-state index in [1.165, 1.54) is 6.42 Å². The molecule has 2 N–H and O–H groups in total. The van der Waals surface area contributed by atoms with Crippen molar-refractivity contribution >= 4 is 5.91 Å². The first kappa shape index (κ1) is 14.7. The molecule has 0 saturated carbocycles. The Balaban J connectivity index is 1.64. The number of aryl methyl sites for hydroxylation is 1. The van der Waals surface area contributed by atoms with Crippen molar-refractivity contribution < 1.29 is 4.79 Å². The molecule has 0 spiro atoms. The first-order valence-electron chi connectivity index (χ1n) is 7.89. The minimum absolute atomic E-state index is 0.186. The number of fused-ring (bicyclic) bond motifs is 1. The molecule has 1 aliphatic rings. The lowest BCUT2D eigenvalue weighted by Crippen LogP contribution is -2.25. The molecule has 0 aliphatic carbocycles. The lowest BCUT2D eigenvalue weighted by molar-refractivity contribution is 0.0944. The van der Waals surface area contributed by atoms with Crippen LogP contribution in [0.3, 0.4) is 0 Å². The van der Waals surface area contributed by atoms with Crippen LogP contribution in [-0.2, 0) is 19.5 Å². The van der Waals surface area contributed by atoms with Crippen LogP contribution in [0.15, 0.2) is 6.07 Å². The molecular weight excluding hydrogens is 280 g/mol. The fourth-order valence-electron chi connectivity index (χ4n) is 2.67. The van der Waals surface area contributed by atoms with E-state index in [0.717, 1.165) is 43.1 Å². The number of carbonyl (C=O) groups excluding carboxylic acids is 1. The summed E-state index contributed by atoms with van der Waals surface area (Å²) in [6.45, 7) is 5.43. The van der Waals surface area contributed by atoms with Gasteiger partial charge >= 0.3 is 0 Å². The van der Waals surface area contributed by atoms with Gasteiger partial charge in [-0.15, -0.1) is 10.2 Å². The number of aromatic nitrogens is 5. The highest BCUT2D eigenvalue weighted by molar-refractivity contribution is 5.92. The van der Waals surface area contributed by atoms with Crippen molar-refractivity contribution in [3.8, 4) is 0 Å². The number of aromatic amines is 1. The summed E-state index contributed by atoms with van der Waals surface area (Å²) in [5.41, 5.74) is 1.38. The topological polar surface area (TPSA) is 88.5 Å². The Morgan fingerprint density at radius 1 is 1.36 bits per heavy atom. The average molecular weight is 302 g/mol. The molecule has 7 nitrogen and oxygen atoms in total. The normalized spacial score (nSPS) is 14.7. The molecule has 7 heteroatoms. The maximum atomic E-state index is 12.2. The molecule has 1 aliphatic heterocycles. The number of H-pyrrole nitrogens is 1. The molecular formula is C15H22N6O. The summed E-state index contributed by atoms with van der Waals surface area (Å²) in [6, 6.07) is 1.80. The number of carbonyl (C=O) groups is 1. The molecule has 0 atom stereocenters. The van der Waals surface area contributed by atoms with E-state index in [9.17, 15) is 4.79 Å². The van der Waals surface area contributed by atoms with E-state index in [2.05, 4.69) is 44.1 Å². The number of nitrogens with one attached hydrogen (secondary N) is 2. The second-order valence-electron chi connectivity index (χ2n) is 6.04. The van der Waals surface area contributed by atoms with Gasteiger partial charge in [0.25, 0.3) is 5.91 Å². The Hall–Kier alpha value is -2.18. The van der Waals surface area contributed by atoms with Gasteiger partial charge in [0.2, 0.25) is 0 Å². The van der Waals surface area contributed by atoms with Gasteiger partial charge in [-0.2, -0.15) is 5.10 Å². The Labute approximate surface area is 129 Å². The number of hydrogen-bond acceptors (Lipinski definition) is 4. The third-order valence-corrected chi connectivity index (χ3v) is 4.05. The van der Waals surface area contributed by atoms with Crippen LogP contribution in [0.25, 0.3) is 0 Å². The molecule has 0 aromatic carbocycles. The molecule has 0 radical (unpaired) electrons. The molecule has 118 valence electrons. The molecule has 1 amide bonds. The zero-order valence-corrected chi connectivity index (χ0v) is 13.1. The number of nitrogens with zero attached hydrogens (tertiary/aromatic N) is 4. The van der Waals surface area contributed by atoms with E-state index >= 15 is 0 Å². The van der Waals surface area contributed by atoms with Crippen molar-refractivity contribution in [2.45, 2.75) is 58.5 Å². The lowest BCUT2D eigenvalue weighted by atomic mass is 10.1. The van der Waals surface area contributed by atoms with Crippen LogP contribution in [0.5, 0.6) is 0 Å². The predicted octanol–water partition coefficient (Wildman–Crippen LogP) is 1.78. The highest BCUT2D eigenvalue weighted by Gasteiger charge is 2.16. The molecule has 3 heterocycles. The van der Waals surface area contributed by atoms with Gasteiger partial charge in [-0.1, -0.05) is 20.3 Å². The van der Waals surface area contributed by atoms with Crippen molar-refractivity contribution in [1.29, 1.82) is 0 Å². The second kappa shape index (κ2) is 6.29. The monoisotopic (exact) mass is 302 g/mol. The zero-order valence-electron chi connectivity index (χ0n) is 13.1. The van der Waals surface area contributed by atoms with Gasteiger partial charge in [-0.3, -0.25) is 9.89 Å². The molecule has 22 heavy (non-hydrogen) atoms. The van der Waals surface area contributed by atoms with Crippen molar-refractivity contribution in [1.82, 2.24) is 30.3 Å². The molecule has 2 aromatic rings. The van der Waals surface area contributed by atoms with Crippen molar-refractivity contribution in [3.05, 3.63) is 29.1 Å². The van der Waals surface area contributed by atoms with Crippen LogP contribution in [0.1, 0.15) is 66.9 Å². The summed E-state index contributed by atoms with van der Waals surface area (Å²) >= 11 is 0. The maximum Gasteiger partial charge on any atom is 0.272 e. The fraction of sp³-hybridized carbons (Fsp3) is 0.600. The van der Waals surface area contributed by atoms with Gasteiger partial charge in [-0.25, -0.2) is 0 Å². The summed E-state index contributed by atoms with van der Waals surface area (Å²) in [5.74, 6) is 1.99. The molecule has 2 aromatic heterocycles. The van der Waals surface area contributed by atoms with Crippen LogP contribution in [0, 0.1) is 0 Å². The van der Waals surface area contributed by atoms with Gasteiger partial charge in [0.05, 0.1) is 6.54 Å². The lowest BCUT2D eigenvalue weighted by Gasteiger charge is -2.07. The van der Waals surface area contributed by atoms with Crippen LogP contribution in [0.4, 0.5) is 0 Å². The Morgan fingerprint density at radius 3 is 3.00 bits per heavy atom. The van der Waals surface area contributed by atoms with Crippen molar-refractivity contribution in [3.63, 3.8) is 0 Å². The first-order chi connectivity index (χ1) is 10.6. The number of amides is 1. The van der Waals surface area contributed by atoms with Crippen molar-refractivity contribution in [2.24, 2.45) is 0 Å². The summed E-state index contributed by atoms with van der Waals surface area (Å²) in [7, 11) is 0. The quantitative estimate of drug-likeness (QED) is 0.901. The van der Waals surface area contributed by atoms with Crippen LogP contribution in [-0.4, -0.2) is 30.9 Å². The molecule has 0 saturated heterocycles. The van der Waals surface area contributed by atoms with E-state index in [4.69, 9.17) is 0 Å². The maximum absolute atomic E-state index is 12.2. The van der Waals surface area contributed by atoms with E-state index in [1.54, 1.807) is 6.07 Å². The third-order valence-electron chi connectivity index (χ3n) is 4.05. The highest BCUT2D eigenvalue weighted by Crippen LogP contribution is 2.15. The van der Waals surface area contributed by atoms with Gasteiger partial charge in [0.1, 0.15) is 11.5 Å². The van der Waals surface area contributed by atoms with Crippen LogP contribution >= 0.6 is 0 Å². The highest BCUT2D eigenvalue weighted by atomic mass is 16.1. The van der Waals surface area contributed by atoms with Gasteiger partial charge < -0.3 is 9.88 Å². The standard InChI is InChI=1S/C15H22N6O/c1-10(2)11-8-12(18-17-11)15(22)16-9-14-20-19-13-6-4-3-5-7-21(13)14/h8,10H,3-7,9H2,1-2H3,(H,16,22)(H,17,18). The van der Waals surface area contributed by atoms with E-state index < -0.39 is 0 Å². The summed E-state index contributed by atoms with van der Waals surface area (Å²) in [6.07, 6.45) is 4.50. The van der Waals surface area contributed by atoms with E-state index in [0.29, 0.717) is 18.2 Å². The average Bonchev–Trinajstić information content (AvgIpc) is 3.07. The van der Waals surface area contributed by atoms with Gasteiger partial charge in [0, 0.05) is 18.7 Å². The Kier molecular flexibility index (Phi) is 4.22. The SMILES string of the molecule is CC(C)c1cc(C(=O)NCc2nnc3n2CCCCC3)n[nH]1. The van der Waals surface area contributed by atoms with Crippen molar-refractivity contribution in [2.75, 3.05) is 0 Å². The van der Waals surface area contributed by atoms with Gasteiger partial charge in [-0.05, 0) is 24.8 Å². The number of hydrogen-bond donors (Lipinski definition) is 2. The molecule has 0 bridgehead atoms. The molecule has 0 fully saturated rings. The molecule has 0 unspecified atom stereocenters. The summed E-state index contributed by atoms with van der Waals surface area (Å²) in [5, 5.41) is 18.3. The Bertz CT molecular complexity index is 657. The van der Waals surface area contributed by atoms with Crippen LogP contribution < -0.4 is 5.32 Å². The second-order valence-corrected chi connectivity index (χ2v) is 6.04. The summed E-state index contributed by atoms with van der Waals surface area (Å²) in [4.78, 5) is 12.2. The largest absolute Gasteiger partial charge is 0.343 e. The number of rotatable bonds is 4. The zero-order chi connectivity index (χ0) is 15.5. The van der Waals surface area contributed by atoms with Gasteiger partial charge in [0.15, 0.2) is 5.82 Å². The van der Waals surface area contributed by atoms with E-state index in [-0.39, 0.29) is 5.91 Å². The first-order valence-corrected chi connectivity index (χ1v) is 7.89. The molecule has 3 rings (SSSR count). The smallest absolute Gasteiger partial charge is 0.272 e. The minimum atomic E-state index is -0.186. The minimum Gasteiger partial charge on any atom is -0.343 e. The fourth-order valence-corrected chi connectivity index (χ4v) is 2.67. The Morgan fingerprint density at radius 2 is 2.23 bits per heavy atom. The van der Waals surface area contributed by atoms with Crippen LogP contribution in [0.2, 0.25) is 0 Å². The predicted molar refractivity (Wildman–Crippen MR) is 81.4 cm³/mol.